The molecule has 0 radical (unpaired) electrons. The van der Waals surface area contributed by atoms with Crippen LogP contribution in [-0.2, 0) is 4.74 Å². The lowest BCUT2D eigenvalue weighted by Crippen LogP contribution is -2.27. The van der Waals surface area contributed by atoms with E-state index in [0.717, 1.165) is 17.1 Å². The summed E-state index contributed by atoms with van der Waals surface area (Å²) in [6.07, 6.45) is 0.293. The number of nitrogens with one attached hydrogen (secondary N) is 1. The van der Waals surface area contributed by atoms with Crippen LogP contribution < -0.4 is 5.32 Å². The Bertz CT molecular complexity index is 1240. The zero-order valence-corrected chi connectivity index (χ0v) is 20.2. The minimum Gasteiger partial charge on any atom is -0.444 e. The van der Waals surface area contributed by atoms with Crippen LogP contribution >= 0.6 is 15.9 Å². The van der Waals surface area contributed by atoms with Gasteiger partial charge in [-0.3, -0.25) is 10.1 Å². The lowest BCUT2D eigenvalue weighted by molar-refractivity contribution is 0.0636. The smallest absolute Gasteiger partial charge is 0.412 e. The van der Waals surface area contributed by atoms with Crippen LogP contribution in [0.2, 0.25) is 0 Å². The molecule has 4 aromatic carbocycles. The Labute approximate surface area is 211 Å². The molecule has 0 spiro atoms. The van der Waals surface area contributed by atoms with Crippen molar-refractivity contribution in [2.75, 3.05) is 5.32 Å². The molecular weight excluding hydrogens is 490 g/mol. The number of fused-ring (bicyclic) bond motifs is 2. The lowest BCUT2D eigenvalue weighted by Gasteiger charge is -2.20. The average molecular weight is 524 g/mol. The molecule has 0 unspecified atom stereocenters. The summed E-state index contributed by atoms with van der Waals surface area (Å²) in [5.74, 6) is 0. The molecule has 1 amide bonds. The molecule has 5 heteroatoms. The highest BCUT2D eigenvalue weighted by Gasteiger charge is 2.17. The number of benzene rings is 4. The van der Waals surface area contributed by atoms with Crippen molar-refractivity contribution < 1.29 is 14.3 Å². The zero-order chi connectivity index (χ0) is 23.3. The van der Waals surface area contributed by atoms with Gasteiger partial charge in [0.2, 0.25) is 0 Å². The first-order valence-electron chi connectivity index (χ1n) is 10.3. The second-order valence-corrected chi connectivity index (χ2v) is 9.26. The van der Waals surface area contributed by atoms with E-state index in [2.05, 4.69) is 64.6 Å². The number of rotatable bonds is 2. The fraction of sp³-hybridized carbons (Fsp3) is 0.241. The summed E-state index contributed by atoms with van der Waals surface area (Å²) in [7, 11) is 0. The number of carbonyl (C=O) groups is 2. The minimum absolute atomic E-state index is 0. The average Bonchev–Trinajstić information content (AvgIpc) is 2.76. The first kappa shape index (κ1) is 28.9. The normalized spacial score (nSPS) is 10.3. The van der Waals surface area contributed by atoms with Crippen molar-refractivity contribution in [1.82, 2.24) is 0 Å². The van der Waals surface area contributed by atoms with E-state index in [-0.39, 0.29) is 14.9 Å². The third-order valence-electron chi connectivity index (χ3n) is 4.81. The van der Waals surface area contributed by atoms with Crippen LogP contribution in [0.5, 0.6) is 0 Å². The number of anilines is 1. The Morgan fingerprint density at radius 3 is 1.94 bits per heavy atom. The van der Waals surface area contributed by atoms with Gasteiger partial charge in [-0.15, -0.1) is 0 Å². The number of amides is 1. The Morgan fingerprint density at radius 2 is 1.38 bits per heavy atom. The maximum absolute atomic E-state index is 11.8. The number of carbonyl (C=O) groups excluding carboxylic acids is 2. The second-order valence-electron chi connectivity index (χ2n) is 8.40. The fourth-order valence-electron chi connectivity index (χ4n) is 3.36. The van der Waals surface area contributed by atoms with Gasteiger partial charge in [-0.2, -0.15) is 0 Å². The summed E-state index contributed by atoms with van der Waals surface area (Å²) in [4.78, 5) is 22.9. The molecule has 0 saturated carbocycles. The molecule has 0 atom stereocenters. The minimum atomic E-state index is -0.553. The summed E-state index contributed by atoms with van der Waals surface area (Å²) < 4.78 is 6.40. The van der Waals surface area contributed by atoms with Crippen molar-refractivity contribution in [3.05, 3.63) is 88.4 Å². The highest BCUT2D eigenvalue weighted by Crippen LogP contribution is 2.27. The summed E-state index contributed by atoms with van der Waals surface area (Å²) in [6, 6.07) is 23.4. The Morgan fingerprint density at radius 1 is 0.824 bits per heavy atom. The predicted molar refractivity (Wildman–Crippen MR) is 149 cm³/mol. The molecule has 180 valence electrons. The second kappa shape index (κ2) is 12.3. The molecular formula is C29H34BrNO3. The lowest BCUT2D eigenvalue weighted by atomic mass is 10.0. The van der Waals surface area contributed by atoms with Gasteiger partial charge in [0.15, 0.2) is 6.29 Å². The standard InChI is InChI=1S/C16H17NO3.C11H9Br.2CH4/c1-16(2,3)20-15(19)17-14-9-8-11(10-18)12-6-4-5-7-13(12)14;1-8-6-7-11(12)10-5-3-2-4-9(8)10;;/h4-10H,1-3H3,(H,17,19);2-7H,1H3;2*1H4. The molecule has 0 fully saturated rings. The Balaban J connectivity index is 0.000000355. The molecule has 0 bridgehead atoms. The highest BCUT2D eigenvalue weighted by molar-refractivity contribution is 9.10. The zero-order valence-electron chi connectivity index (χ0n) is 18.6. The molecule has 0 aliphatic heterocycles. The summed E-state index contributed by atoms with van der Waals surface area (Å²) in [5, 5.41) is 6.94. The monoisotopic (exact) mass is 523 g/mol. The summed E-state index contributed by atoms with van der Waals surface area (Å²) in [6.45, 7) is 7.55. The van der Waals surface area contributed by atoms with Gasteiger partial charge in [-0.05, 0) is 67.6 Å². The van der Waals surface area contributed by atoms with Crippen molar-refractivity contribution in [1.29, 1.82) is 0 Å². The molecule has 34 heavy (non-hydrogen) atoms. The van der Waals surface area contributed by atoms with Gasteiger partial charge >= 0.3 is 6.09 Å². The molecule has 4 rings (SSSR count). The van der Waals surface area contributed by atoms with Gasteiger partial charge in [0.1, 0.15) is 5.60 Å². The number of hydrogen-bond donors (Lipinski definition) is 1. The fourth-order valence-corrected chi connectivity index (χ4v) is 3.84. The first-order chi connectivity index (χ1) is 15.2. The highest BCUT2D eigenvalue weighted by atomic mass is 79.9. The van der Waals surface area contributed by atoms with Crippen molar-refractivity contribution in [2.45, 2.75) is 48.1 Å². The van der Waals surface area contributed by atoms with Crippen molar-refractivity contribution in [3.8, 4) is 0 Å². The Hall–Kier alpha value is -3.18. The first-order valence-corrected chi connectivity index (χ1v) is 11.1. The maximum Gasteiger partial charge on any atom is 0.412 e. The predicted octanol–water partition coefficient (Wildman–Crippen LogP) is 9.18. The van der Waals surface area contributed by atoms with Crippen molar-refractivity contribution in [3.63, 3.8) is 0 Å². The third-order valence-corrected chi connectivity index (χ3v) is 5.50. The molecule has 0 heterocycles. The van der Waals surface area contributed by atoms with E-state index in [1.54, 1.807) is 32.9 Å². The molecule has 0 aromatic heterocycles. The van der Waals surface area contributed by atoms with Crippen LogP contribution in [-0.4, -0.2) is 18.0 Å². The largest absolute Gasteiger partial charge is 0.444 e. The molecule has 4 nitrogen and oxygen atoms in total. The van der Waals surface area contributed by atoms with E-state index >= 15 is 0 Å². The number of aryl methyl sites for hydroxylation is 1. The van der Waals surface area contributed by atoms with Crippen LogP contribution in [0.4, 0.5) is 10.5 Å². The molecule has 4 aromatic rings. The van der Waals surface area contributed by atoms with E-state index in [4.69, 9.17) is 4.74 Å². The van der Waals surface area contributed by atoms with E-state index in [0.29, 0.717) is 11.3 Å². The van der Waals surface area contributed by atoms with Crippen molar-refractivity contribution >= 4 is 55.5 Å². The Kier molecular flexibility index (Phi) is 10.5. The van der Waals surface area contributed by atoms with Gasteiger partial charge in [0, 0.05) is 15.4 Å². The maximum atomic E-state index is 11.8. The van der Waals surface area contributed by atoms with Crippen LogP contribution in [0.15, 0.2) is 77.3 Å². The SMILES string of the molecule is C.C.CC(C)(C)OC(=O)Nc1ccc(C=O)c2ccccc12.Cc1ccc(Br)c2ccccc12. The number of aldehydes is 1. The van der Waals surface area contributed by atoms with E-state index in [1.807, 2.05) is 24.3 Å². The summed E-state index contributed by atoms with van der Waals surface area (Å²) >= 11 is 3.53. The third kappa shape index (κ3) is 7.16. The van der Waals surface area contributed by atoms with Gasteiger partial charge in [0.05, 0.1) is 5.69 Å². The topological polar surface area (TPSA) is 55.4 Å². The van der Waals surface area contributed by atoms with E-state index in [9.17, 15) is 9.59 Å². The molecule has 1 N–H and O–H groups in total. The quantitative estimate of drug-likeness (QED) is 0.266. The van der Waals surface area contributed by atoms with Gasteiger partial charge in [0.25, 0.3) is 0 Å². The van der Waals surface area contributed by atoms with Gasteiger partial charge < -0.3 is 4.74 Å². The number of hydrogen-bond acceptors (Lipinski definition) is 3. The van der Waals surface area contributed by atoms with Gasteiger partial charge in [-0.25, -0.2) is 4.79 Å². The summed E-state index contributed by atoms with van der Waals surface area (Å²) in [5.41, 5.74) is 1.99. The molecule has 0 aliphatic carbocycles. The molecule has 0 aliphatic rings. The van der Waals surface area contributed by atoms with E-state index in [1.165, 1.54) is 20.8 Å². The van der Waals surface area contributed by atoms with Crippen molar-refractivity contribution in [2.24, 2.45) is 0 Å². The van der Waals surface area contributed by atoms with Crippen LogP contribution in [0.3, 0.4) is 0 Å². The number of ether oxygens (including phenoxy) is 1. The van der Waals surface area contributed by atoms with Crippen LogP contribution in [0.25, 0.3) is 21.5 Å². The van der Waals surface area contributed by atoms with Crippen LogP contribution in [0.1, 0.15) is 51.5 Å². The van der Waals surface area contributed by atoms with Crippen LogP contribution in [0, 0.1) is 6.92 Å². The number of halogens is 1. The molecule has 0 saturated heterocycles. The van der Waals surface area contributed by atoms with Gasteiger partial charge in [-0.1, -0.05) is 85.4 Å². The van der Waals surface area contributed by atoms with E-state index < -0.39 is 11.7 Å².